The second-order valence-electron chi connectivity index (χ2n) is 6.15. The highest BCUT2D eigenvalue weighted by Gasteiger charge is 2.29. The number of aromatic nitrogens is 2. The van der Waals surface area contributed by atoms with Crippen LogP contribution in [0, 0.1) is 6.92 Å². The molecule has 1 aliphatic rings. The van der Waals surface area contributed by atoms with E-state index in [1.807, 2.05) is 0 Å². The third-order valence-corrected chi connectivity index (χ3v) is 4.12. The summed E-state index contributed by atoms with van der Waals surface area (Å²) in [6.07, 6.45) is 5.88. The first-order valence-electron chi connectivity index (χ1n) is 8.08. The van der Waals surface area contributed by atoms with Gasteiger partial charge in [-0.05, 0) is 38.3 Å². The largest absolute Gasteiger partial charge is 0.313 e. The van der Waals surface area contributed by atoms with Crippen LogP contribution >= 0.6 is 0 Å². The average molecular weight is 283 g/mol. The van der Waals surface area contributed by atoms with E-state index in [0.717, 1.165) is 25.6 Å². The van der Waals surface area contributed by atoms with Gasteiger partial charge in [0, 0.05) is 23.7 Å². The van der Waals surface area contributed by atoms with Gasteiger partial charge in [0.05, 0.1) is 12.7 Å². The number of benzene rings is 1. The summed E-state index contributed by atoms with van der Waals surface area (Å²) >= 11 is 0. The number of hydrogen-bond donors (Lipinski definition) is 1. The van der Waals surface area contributed by atoms with Crippen LogP contribution in [0.15, 0.2) is 30.5 Å². The second kappa shape index (κ2) is 6.44. The van der Waals surface area contributed by atoms with Gasteiger partial charge in [-0.3, -0.25) is 4.68 Å². The number of nitrogens with one attached hydrogen (secondary N) is 1. The quantitative estimate of drug-likeness (QED) is 0.787. The van der Waals surface area contributed by atoms with E-state index in [9.17, 15) is 0 Å². The highest BCUT2D eigenvalue weighted by atomic mass is 15.3. The molecule has 3 nitrogen and oxygen atoms in total. The number of hydrogen-bond acceptors (Lipinski definition) is 2. The standard InChI is InChI=1S/C18H25N3/c1-3-10-19-11-17-12-20-21(18(17)16-8-9-16)13-15-6-4-14(2)5-7-15/h4-7,12,16,19H,3,8-11,13H2,1-2H3. The average Bonchev–Trinajstić information content (AvgIpc) is 3.25. The summed E-state index contributed by atoms with van der Waals surface area (Å²) in [5, 5.41) is 8.16. The van der Waals surface area contributed by atoms with E-state index in [1.165, 1.54) is 41.6 Å². The summed E-state index contributed by atoms with van der Waals surface area (Å²) < 4.78 is 2.21. The molecule has 0 spiro atoms. The molecule has 2 aromatic rings. The first-order chi connectivity index (χ1) is 10.3. The molecule has 3 rings (SSSR count). The molecule has 112 valence electrons. The molecule has 3 heteroatoms. The van der Waals surface area contributed by atoms with Crippen LogP contribution in [0.25, 0.3) is 0 Å². The van der Waals surface area contributed by atoms with Crippen LogP contribution in [0.5, 0.6) is 0 Å². The van der Waals surface area contributed by atoms with E-state index in [0.29, 0.717) is 0 Å². The minimum Gasteiger partial charge on any atom is -0.313 e. The van der Waals surface area contributed by atoms with Gasteiger partial charge in [-0.2, -0.15) is 5.10 Å². The van der Waals surface area contributed by atoms with Crippen molar-refractivity contribution in [3.8, 4) is 0 Å². The van der Waals surface area contributed by atoms with Gasteiger partial charge in [-0.1, -0.05) is 36.8 Å². The highest BCUT2D eigenvalue weighted by molar-refractivity contribution is 5.28. The maximum absolute atomic E-state index is 4.65. The van der Waals surface area contributed by atoms with Crippen molar-refractivity contribution >= 4 is 0 Å². The molecule has 1 fully saturated rings. The van der Waals surface area contributed by atoms with Gasteiger partial charge >= 0.3 is 0 Å². The van der Waals surface area contributed by atoms with Gasteiger partial charge in [-0.25, -0.2) is 0 Å². The second-order valence-corrected chi connectivity index (χ2v) is 6.15. The van der Waals surface area contributed by atoms with Crippen molar-refractivity contribution in [2.75, 3.05) is 6.54 Å². The van der Waals surface area contributed by atoms with Crippen LogP contribution in [-0.4, -0.2) is 16.3 Å². The summed E-state index contributed by atoms with van der Waals surface area (Å²) in [6.45, 7) is 7.25. The smallest absolute Gasteiger partial charge is 0.0662 e. The van der Waals surface area contributed by atoms with E-state index in [4.69, 9.17) is 0 Å². The summed E-state index contributed by atoms with van der Waals surface area (Å²) in [5.41, 5.74) is 5.49. The van der Waals surface area contributed by atoms with Crippen molar-refractivity contribution in [2.24, 2.45) is 0 Å². The van der Waals surface area contributed by atoms with Crippen molar-refractivity contribution in [1.82, 2.24) is 15.1 Å². The molecule has 1 heterocycles. The number of aryl methyl sites for hydroxylation is 1. The van der Waals surface area contributed by atoms with Crippen LogP contribution in [0.3, 0.4) is 0 Å². The molecule has 0 aliphatic heterocycles. The molecule has 1 aromatic heterocycles. The minimum absolute atomic E-state index is 0.733. The summed E-state index contributed by atoms with van der Waals surface area (Å²) in [6, 6.07) is 8.78. The van der Waals surface area contributed by atoms with E-state index < -0.39 is 0 Å². The lowest BCUT2D eigenvalue weighted by Crippen LogP contribution is -2.15. The predicted octanol–water partition coefficient (Wildman–Crippen LogP) is 3.62. The summed E-state index contributed by atoms with van der Waals surface area (Å²) in [7, 11) is 0. The van der Waals surface area contributed by atoms with E-state index in [1.54, 1.807) is 0 Å². The minimum atomic E-state index is 0.733. The molecular weight excluding hydrogens is 258 g/mol. The fourth-order valence-electron chi connectivity index (χ4n) is 2.79. The third-order valence-electron chi connectivity index (χ3n) is 4.12. The Labute approximate surface area is 127 Å². The molecule has 0 unspecified atom stereocenters. The van der Waals surface area contributed by atoms with Gasteiger partial charge in [0.1, 0.15) is 0 Å². The Morgan fingerprint density at radius 1 is 1.24 bits per heavy atom. The first-order valence-corrected chi connectivity index (χ1v) is 8.08. The topological polar surface area (TPSA) is 29.9 Å². The molecule has 1 N–H and O–H groups in total. The monoisotopic (exact) mass is 283 g/mol. The van der Waals surface area contributed by atoms with Gasteiger partial charge in [-0.15, -0.1) is 0 Å². The zero-order valence-electron chi connectivity index (χ0n) is 13.1. The first kappa shape index (κ1) is 14.3. The fraction of sp³-hybridized carbons (Fsp3) is 0.500. The van der Waals surface area contributed by atoms with Crippen LogP contribution < -0.4 is 5.32 Å². The third kappa shape index (κ3) is 3.53. The van der Waals surface area contributed by atoms with Crippen molar-refractivity contribution in [1.29, 1.82) is 0 Å². The zero-order chi connectivity index (χ0) is 14.7. The predicted molar refractivity (Wildman–Crippen MR) is 86.5 cm³/mol. The normalized spacial score (nSPS) is 14.6. The highest BCUT2D eigenvalue weighted by Crippen LogP contribution is 2.41. The van der Waals surface area contributed by atoms with Crippen LogP contribution in [0.2, 0.25) is 0 Å². The van der Waals surface area contributed by atoms with Crippen LogP contribution in [-0.2, 0) is 13.1 Å². The SMILES string of the molecule is CCCNCc1cnn(Cc2ccc(C)cc2)c1C1CC1. The van der Waals surface area contributed by atoms with Crippen LogP contribution in [0.1, 0.15) is 54.5 Å². The lowest BCUT2D eigenvalue weighted by Gasteiger charge is -2.10. The van der Waals surface area contributed by atoms with E-state index in [-0.39, 0.29) is 0 Å². The maximum Gasteiger partial charge on any atom is 0.0662 e. The summed E-state index contributed by atoms with van der Waals surface area (Å²) in [4.78, 5) is 0. The molecule has 21 heavy (non-hydrogen) atoms. The Morgan fingerprint density at radius 2 is 2.00 bits per heavy atom. The van der Waals surface area contributed by atoms with Gasteiger partial charge in [0.2, 0.25) is 0 Å². The molecular formula is C18H25N3. The number of nitrogens with zero attached hydrogens (tertiary/aromatic N) is 2. The summed E-state index contributed by atoms with van der Waals surface area (Å²) in [5.74, 6) is 0.733. The molecule has 1 aromatic carbocycles. The van der Waals surface area contributed by atoms with Crippen molar-refractivity contribution in [2.45, 2.75) is 52.1 Å². The molecule has 0 radical (unpaired) electrons. The van der Waals surface area contributed by atoms with Crippen LogP contribution in [0.4, 0.5) is 0 Å². The molecule has 1 aliphatic carbocycles. The van der Waals surface area contributed by atoms with Crippen molar-refractivity contribution in [3.63, 3.8) is 0 Å². The Morgan fingerprint density at radius 3 is 2.67 bits per heavy atom. The Hall–Kier alpha value is -1.61. The lowest BCUT2D eigenvalue weighted by molar-refractivity contribution is 0.634. The van der Waals surface area contributed by atoms with Gasteiger partial charge in [0.25, 0.3) is 0 Å². The molecule has 1 saturated carbocycles. The zero-order valence-corrected chi connectivity index (χ0v) is 13.1. The Balaban J connectivity index is 1.76. The number of rotatable bonds is 7. The van der Waals surface area contributed by atoms with E-state index in [2.05, 4.69) is 59.4 Å². The van der Waals surface area contributed by atoms with Crippen molar-refractivity contribution in [3.05, 3.63) is 52.8 Å². The Bertz CT molecular complexity index is 579. The fourth-order valence-corrected chi connectivity index (χ4v) is 2.79. The molecule has 0 amide bonds. The maximum atomic E-state index is 4.65. The molecule has 0 saturated heterocycles. The van der Waals surface area contributed by atoms with Crippen molar-refractivity contribution < 1.29 is 0 Å². The van der Waals surface area contributed by atoms with E-state index >= 15 is 0 Å². The lowest BCUT2D eigenvalue weighted by atomic mass is 10.1. The van der Waals surface area contributed by atoms with Gasteiger partial charge < -0.3 is 5.32 Å². The van der Waals surface area contributed by atoms with Gasteiger partial charge in [0.15, 0.2) is 0 Å². The Kier molecular flexibility index (Phi) is 4.39. The molecule has 0 atom stereocenters. The molecule has 0 bridgehead atoms.